The van der Waals surface area contributed by atoms with E-state index in [2.05, 4.69) is 5.32 Å². The minimum Gasteiger partial charge on any atom is -0.506 e. The number of nitrogen functional groups attached to an aromatic ring is 1. The fourth-order valence-corrected chi connectivity index (χ4v) is 1.95. The number of hydrogen-bond acceptors (Lipinski definition) is 5. The van der Waals surface area contributed by atoms with Crippen molar-refractivity contribution in [2.75, 3.05) is 23.8 Å². The first-order valence-corrected chi connectivity index (χ1v) is 7.25. The summed E-state index contributed by atoms with van der Waals surface area (Å²) < 4.78 is 22.4. The van der Waals surface area contributed by atoms with E-state index < -0.39 is 15.7 Å². The summed E-state index contributed by atoms with van der Waals surface area (Å²) >= 11 is 0. The number of anilines is 1. The molecule has 0 radical (unpaired) electrons. The number of amides is 1. The van der Waals surface area contributed by atoms with Crippen LogP contribution < -0.4 is 11.1 Å². The summed E-state index contributed by atoms with van der Waals surface area (Å²) in [4.78, 5) is 11.6. The molecule has 0 aliphatic heterocycles. The summed E-state index contributed by atoms with van der Waals surface area (Å²) in [5, 5.41) is 11.8. The Morgan fingerprint density at radius 1 is 1.44 bits per heavy atom. The fourth-order valence-electron chi connectivity index (χ4n) is 1.25. The van der Waals surface area contributed by atoms with E-state index in [0.717, 1.165) is 0 Å². The normalized spacial score (nSPS) is 11.2. The zero-order valence-electron chi connectivity index (χ0n) is 10.0. The second-order valence-electron chi connectivity index (χ2n) is 3.77. The molecule has 0 saturated heterocycles. The molecule has 0 spiro atoms. The second-order valence-corrected chi connectivity index (χ2v) is 6.24. The molecule has 0 aliphatic carbocycles. The maximum absolute atomic E-state index is 11.6. The van der Waals surface area contributed by atoms with Gasteiger partial charge in [-0.3, -0.25) is 4.79 Å². The smallest absolute Gasteiger partial charge is 0.251 e. The Balaban J connectivity index is 2.58. The summed E-state index contributed by atoms with van der Waals surface area (Å²) in [7, 11) is -3.10. The first-order chi connectivity index (χ1) is 8.35. The number of hydrogen-bond donors (Lipinski definition) is 3. The number of carbonyl (C=O) groups excluding carboxylic acids is 1. The predicted molar refractivity (Wildman–Crippen MR) is 69.2 cm³/mol. The average Bonchev–Trinajstić information content (AvgIpc) is 2.32. The lowest BCUT2D eigenvalue weighted by Crippen LogP contribution is -2.29. The Morgan fingerprint density at radius 2 is 2.11 bits per heavy atom. The lowest BCUT2D eigenvalue weighted by molar-refractivity contribution is 0.0956. The number of phenolic OH excluding ortho intramolecular Hbond substituents is 1. The topological polar surface area (TPSA) is 109 Å². The highest BCUT2D eigenvalue weighted by Crippen LogP contribution is 2.20. The Labute approximate surface area is 106 Å². The summed E-state index contributed by atoms with van der Waals surface area (Å²) in [6.07, 6.45) is 0. The van der Waals surface area contributed by atoms with Gasteiger partial charge in [0.05, 0.1) is 11.4 Å². The van der Waals surface area contributed by atoms with E-state index in [1.54, 1.807) is 6.92 Å². The van der Waals surface area contributed by atoms with Crippen molar-refractivity contribution in [2.45, 2.75) is 6.92 Å². The minimum atomic E-state index is -3.10. The lowest BCUT2D eigenvalue weighted by atomic mass is 10.2. The minimum absolute atomic E-state index is 0.0418. The highest BCUT2D eigenvalue weighted by molar-refractivity contribution is 7.91. The molecule has 0 aromatic heterocycles. The second kappa shape index (κ2) is 5.72. The molecule has 0 bridgehead atoms. The van der Waals surface area contributed by atoms with Crippen LogP contribution in [-0.4, -0.2) is 37.5 Å². The maximum atomic E-state index is 11.6. The van der Waals surface area contributed by atoms with Gasteiger partial charge < -0.3 is 16.2 Å². The Morgan fingerprint density at radius 3 is 2.67 bits per heavy atom. The molecule has 0 atom stereocenters. The molecule has 7 heteroatoms. The van der Waals surface area contributed by atoms with Crippen LogP contribution >= 0.6 is 0 Å². The molecule has 100 valence electrons. The van der Waals surface area contributed by atoms with Gasteiger partial charge in [0.15, 0.2) is 9.84 Å². The highest BCUT2D eigenvalue weighted by Gasteiger charge is 2.10. The Hall–Kier alpha value is -1.76. The van der Waals surface area contributed by atoms with Crippen LogP contribution in [0.25, 0.3) is 0 Å². The van der Waals surface area contributed by atoms with Gasteiger partial charge in [-0.05, 0) is 18.2 Å². The van der Waals surface area contributed by atoms with Crippen molar-refractivity contribution in [3.05, 3.63) is 23.8 Å². The molecule has 4 N–H and O–H groups in total. The average molecular weight is 272 g/mol. The molecule has 1 rings (SSSR count). The van der Waals surface area contributed by atoms with Crippen molar-refractivity contribution in [1.82, 2.24) is 5.32 Å². The van der Waals surface area contributed by atoms with Crippen LogP contribution in [0, 0.1) is 0 Å². The van der Waals surface area contributed by atoms with E-state index in [-0.39, 0.29) is 35.1 Å². The number of carbonyl (C=O) groups is 1. The van der Waals surface area contributed by atoms with Gasteiger partial charge >= 0.3 is 0 Å². The maximum Gasteiger partial charge on any atom is 0.251 e. The van der Waals surface area contributed by atoms with Crippen LogP contribution in [0.4, 0.5) is 5.69 Å². The molecule has 0 heterocycles. The van der Waals surface area contributed by atoms with Gasteiger partial charge in [-0.25, -0.2) is 8.42 Å². The van der Waals surface area contributed by atoms with Crippen molar-refractivity contribution in [3.8, 4) is 5.75 Å². The third-order valence-electron chi connectivity index (χ3n) is 2.43. The number of rotatable bonds is 5. The van der Waals surface area contributed by atoms with E-state index in [1.165, 1.54) is 18.2 Å². The number of nitrogens with two attached hydrogens (primary N) is 1. The molecule has 0 aliphatic rings. The highest BCUT2D eigenvalue weighted by atomic mass is 32.2. The van der Waals surface area contributed by atoms with Gasteiger partial charge in [0.2, 0.25) is 0 Å². The molecule has 18 heavy (non-hydrogen) atoms. The van der Waals surface area contributed by atoms with Crippen molar-refractivity contribution >= 4 is 21.4 Å². The predicted octanol–water partition coefficient (Wildman–Crippen LogP) is 0.139. The van der Waals surface area contributed by atoms with E-state index in [0.29, 0.717) is 0 Å². The Kier molecular flexibility index (Phi) is 4.55. The molecule has 1 aromatic rings. The summed E-state index contributed by atoms with van der Waals surface area (Å²) in [5.74, 6) is -0.678. The SMILES string of the molecule is CCS(=O)(=O)CCNC(=O)c1ccc(N)c(O)c1. The van der Waals surface area contributed by atoms with Crippen LogP contribution in [0.5, 0.6) is 5.75 Å². The van der Waals surface area contributed by atoms with Crippen molar-refractivity contribution < 1.29 is 18.3 Å². The summed E-state index contributed by atoms with van der Waals surface area (Å²) in [6, 6.07) is 4.10. The molecule has 6 nitrogen and oxygen atoms in total. The van der Waals surface area contributed by atoms with Crippen LogP contribution in [-0.2, 0) is 9.84 Å². The molecule has 0 saturated carbocycles. The summed E-state index contributed by atoms with van der Waals surface area (Å²) in [5.41, 5.74) is 5.82. The van der Waals surface area contributed by atoms with Crippen LogP contribution in [0.2, 0.25) is 0 Å². The first kappa shape index (κ1) is 14.3. The zero-order valence-corrected chi connectivity index (χ0v) is 10.8. The van der Waals surface area contributed by atoms with Crippen molar-refractivity contribution in [1.29, 1.82) is 0 Å². The van der Waals surface area contributed by atoms with E-state index in [1.807, 2.05) is 0 Å². The van der Waals surface area contributed by atoms with E-state index in [9.17, 15) is 18.3 Å². The van der Waals surface area contributed by atoms with Crippen LogP contribution in [0.15, 0.2) is 18.2 Å². The number of benzene rings is 1. The number of nitrogens with one attached hydrogen (secondary N) is 1. The van der Waals surface area contributed by atoms with Gasteiger partial charge in [0.25, 0.3) is 5.91 Å². The quantitative estimate of drug-likeness (QED) is 0.521. The van der Waals surface area contributed by atoms with E-state index >= 15 is 0 Å². The summed E-state index contributed by atoms with van der Waals surface area (Å²) in [6.45, 7) is 1.59. The molecule has 1 aromatic carbocycles. The lowest BCUT2D eigenvalue weighted by Gasteiger charge is -2.06. The third-order valence-corrected chi connectivity index (χ3v) is 4.14. The fraction of sp³-hybridized carbons (Fsp3) is 0.364. The monoisotopic (exact) mass is 272 g/mol. The van der Waals surface area contributed by atoms with Gasteiger partial charge in [-0.1, -0.05) is 6.92 Å². The largest absolute Gasteiger partial charge is 0.506 e. The van der Waals surface area contributed by atoms with Crippen LogP contribution in [0.1, 0.15) is 17.3 Å². The molecular formula is C11H16N2O4S. The molecule has 0 unspecified atom stereocenters. The van der Waals surface area contributed by atoms with Gasteiger partial charge in [0.1, 0.15) is 5.75 Å². The van der Waals surface area contributed by atoms with Crippen molar-refractivity contribution in [3.63, 3.8) is 0 Å². The number of aromatic hydroxyl groups is 1. The van der Waals surface area contributed by atoms with Gasteiger partial charge in [-0.15, -0.1) is 0 Å². The Bertz CT molecular complexity index is 540. The standard InChI is InChI=1S/C11H16N2O4S/c1-2-18(16,17)6-5-13-11(15)8-3-4-9(12)10(14)7-8/h3-4,7,14H,2,5-6,12H2,1H3,(H,13,15). The number of sulfone groups is 1. The molecule has 0 fully saturated rings. The van der Waals surface area contributed by atoms with Gasteiger partial charge in [0, 0.05) is 17.9 Å². The van der Waals surface area contributed by atoms with Gasteiger partial charge in [-0.2, -0.15) is 0 Å². The third kappa shape index (κ3) is 3.92. The zero-order chi connectivity index (χ0) is 13.8. The van der Waals surface area contributed by atoms with Crippen LogP contribution in [0.3, 0.4) is 0 Å². The number of phenols is 1. The van der Waals surface area contributed by atoms with Crippen molar-refractivity contribution in [2.24, 2.45) is 0 Å². The first-order valence-electron chi connectivity index (χ1n) is 5.43. The molecule has 1 amide bonds. The van der Waals surface area contributed by atoms with E-state index in [4.69, 9.17) is 5.73 Å². The molecular weight excluding hydrogens is 256 g/mol.